The zero-order valence-electron chi connectivity index (χ0n) is 16.3. The number of aryl methyl sites for hydroxylation is 1. The normalized spacial score (nSPS) is 10.9. The minimum absolute atomic E-state index is 0.0531. The van der Waals surface area contributed by atoms with Crippen LogP contribution in [0, 0.1) is 0 Å². The first-order chi connectivity index (χ1) is 13.5. The highest BCUT2D eigenvalue weighted by Crippen LogP contribution is 2.16. The molecular formula is C21H25N5O2. The van der Waals surface area contributed by atoms with Crippen LogP contribution >= 0.6 is 0 Å². The molecule has 0 fully saturated rings. The monoisotopic (exact) mass is 379 g/mol. The molecule has 3 rings (SSSR count). The van der Waals surface area contributed by atoms with Crippen LogP contribution in [0.3, 0.4) is 0 Å². The van der Waals surface area contributed by atoms with Crippen molar-refractivity contribution in [2.45, 2.75) is 39.9 Å². The maximum Gasteiger partial charge on any atom is 0.319 e. The summed E-state index contributed by atoms with van der Waals surface area (Å²) in [6, 6.07) is 14.5. The van der Waals surface area contributed by atoms with Gasteiger partial charge in [-0.15, -0.1) is 0 Å². The van der Waals surface area contributed by atoms with Crippen LogP contribution in [0.25, 0.3) is 11.0 Å². The number of urea groups is 1. The number of carbonyl (C=O) groups is 2. The lowest BCUT2D eigenvalue weighted by molar-refractivity contribution is 0.0949. The Hall–Kier alpha value is -3.35. The Bertz CT molecular complexity index is 976. The van der Waals surface area contributed by atoms with E-state index in [0.29, 0.717) is 17.8 Å². The number of amides is 3. The summed E-state index contributed by atoms with van der Waals surface area (Å²) in [5.41, 5.74) is 3.13. The summed E-state index contributed by atoms with van der Waals surface area (Å²) in [7, 11) is 0. The largest absolute Gasteiger partial charge is 0.345 e. The van der Waals surface area contributed by atoms with Crippen molar-refractivity contribution in [2.75, 3.05) is 5.32 Å². The van der Waals surface area contributed by atoms with Crippen LogP contribution in [-0.4, -0.2) is 27.5 Å². The zero-order chi connectivity index (χ0) is 20.1. The first-order valence-electron chi connectivity index (χ1n) is 9.38. The van der Waals surface area contributed by atoms with E-state index in [2.05, 4.69) is 32.4 Å². The van der Waals surface area contributed by atoms with E-state index in [1.54, 1.807) is 24.3 Å². The Morgan fingerprint density at radius 1 is 1.07 bits per heavy atom. The van der Waals surface area contributed by atoms with E-state index in [1.165, 1.54) is 0 Å². The van der Waals surface area contributed by atoms with E-state index < -0.39 is 0 Å². The van der Waals surface area contributed by atoms with Crippen LogP contribution in [0.4, 0.5) is 10.5 Å². The standard InChI is InChI=1S/C21H25N5O2/c1-4-26-18-8-6-5-7-17(18)25-19(26)13-22-20(27)15-9-11-16(12-10-15)24-21(28)23-14(2)3/h5-12,14H,4,13H2,1-3H3,(H,22,27)(H2,23,24,28). The van der Waals surface area contributed by atoms with Crippen LogP contribution in [-0.2, 0) is 13.1 Å². The van der Waals surface area contributed by atoms with Gasteiger partial charge in [0.2, 0.25) is 0 Å². The van der Waals surface area contributed by atoms with Gasteiger partial charge in [0.15, 0.2) is 0 Å². The summed E-state index contributed by atoms with van der Waals surface area (Å²) in [6.07, 6.45) is 0. The van der Waals surface area contributed by atoms with Crippen LogP contribution in [0.2, 0.25) is 0 Å². The third-order valence-electron chi connectivity index (χ3n) is 4.28. The molecule has 28 heavy (non-hydrogen) atoms. The summed E-state index contributed by atoms with van der Waals surface area (Å²) in [5, 5.41) is 8.40. The van der Waals surface area contributed by atoms with Crippen LogP contribution in [0.1, 0.15) is 37.0 Å². The molecule has 0 aliphatic carbocycles. The number of para-hydroxylation sites is 2. The summed E-state index contributed by atoms with van der Waals surface area (Å²) >= 11 is 0. The second kappa shape index (κ2) is 8.56. The number of hydrogen-bond donors (Lipinski definition) is 3. The van der Waals surface area contributed by atoms with Gasteiger partial charge in [-0.3, -0.25) is 4.79 Å². The predicted octanol–water partition coefficient (Wildman–Crippen LogP) is 3.52. The molecule has 0 aliphatic heterocycles. The van der Waals surface area contributed by atoms with Gasteiger partial charge in [-0.25, -0.2) is 9.78 Å². The van der Waals surface area contributed by atoms with E-state index in [4.69, 9.17) is 0 Å². The predicted molar refractivity (Wildman–Crippen MR) is 110 cm³/mol. The summed E-state index contributed by atoms with van der Waals surface area (Å²) < 4.78 is 2.09. The molecule has 1 heterocycles. The fourth-order valence-electron chi connectivity index (χ4n) is 3.01. The molecule has 0 unspecified atom stereocenters. The number of anilines is 1. The molecular weight excluding hydrogens is 354 g/mol. The quantitative estimate of drug-likeness (QED) is 0.612. The Labute approximate surface area is 164 Å². The Morgan fingerprint density at radius 2 is 1.79 bits per heavy atom. The van der Waals surface area contributed by atoms with Crippen LogP contribution in [0.15, 0.2) is 48.5 Å². The van der Waals surface area contributed by atoms with Crippen molar-refractivity contribution in [2.24, 2.45) is 0 Å². The second-order valence-corrected chi connectivity index (χ2v) is 6.77. The van der Waals surface area contributed by atoms with E-state index >= 15 is 0 Å². The van der Waals surface area contributed by atoms with Gasteiger partial charge in [0.05, 0.1) is 17.6 Å². The van der Waals surface area contributed by atoms with E-state index in [0.717, 1.165) is 23.4 Å². The maximum atomic E-state index is 12.5. The van der Waals surface area contributed by atoms with Gasteiger partial charge in [0, 0.05) is 23.8 Å². The molecule has 3 N–H and O–H groups in total. The molecule has 7 nitrogen and oxygen atoms in total. The molecule has 0 saturated heterocycles. The molecule has 0 saturated carbocycles. The van der Waals surface area contributed by atoms with Gasteiger partial charge in [0.1, 0.15) is 5.82 Å². The number of benzene rings is 2. The average molecular weight is 379 g/mol. The van der Waals surface area contributed by atoms with E-state index in [9.17, 15) is 9.59 Å². The molecule has 2 aromatic carbocycles. The summed E-state index contributed by atoms with van der Waals surface area (Å²) in [5.74, 6) is 0.633. The van der Waals surface area contributed by atoms with Crippen molar-refractivity contribution in [3.05, 3.63) is 59.9 Å². The molecule has 1 aromatic heterocycles. The number of carbonyl (C=O) groups excluding carboxylic acids is 2. The number of aromatic nitrogens is 2. The Morgan fingerprint density at radius 3 is 2.46 bits per heavy atom. The molecule has 146 valence electrons. The van der Waals surface area contributed by atoms with Crippen molar-refractivity contribution in [1.29, 1.82) is 0 Å². The minimum Gasteiger partial charge on any atom is -0.345 e. The average Bonchev–Trinajstić information content (AvgIpc) is 3.03. The van der Waals surface area contributed by atoms with Gasteiger partial charge < -0.3 is 20.5 Å². The first kappa shape index (κ1) is 19.4. The SMILES string of the molecule is CCn1c(CNC(=O)c2ccc(NC(=O)NC(C)C)cc2)nc2ccccc21. The lowest BCUT2D eigenvalue weighted by Crippen LogP contribution is -2.34. The van der Waals surface area contributed by atoms with Gasteiger partial charge in [-0.2, -0.15) is 0 Å². The van der Waals surface area contributed by atoms with Gasteiger partial charge in [0.25, 0.3) is 5.91 Å². The second-order valence-electron chi connectivity index (χ2n) is 6.77. The molecule has 7 heteroatoms. The van der Waals surface area contributed by atoms with Crippen molar-refractivity contribution in [3.8, 4) is 0 Å². The number of nitrogens with one attached hydrogen (secondary N) is 3. The number of nitrogens with zero attached hydrogens (tertiary/aromatic N) is 2. The highest BCUT2D eigenvalue weighted by Gasteiger charge is 2.12. The topological polar surface area (TPSA) is 88.0 Å². The fraction of sp³-hybridized carbons (Fsp3) is 0.286. The van der Waals surface area contributed by atoms with Crippen molar-refractivity contribution < 1.29 is 9.59 Å². The lowest BCUT2D eigenvalue weighted by Gasteiger charge is -2.11. The number of imidazole rings is 1. The maximum absolute atomic E-state index is 12.5. The number of rotatable bonds is 6. The zero-order valence-corrected chi connectivity index (χ0v) is 16.3. The van der Waals surface area contributed by atoms with Gasteiger partial charge >= 0.3 is 6.03 Å². The summed E-state index contributed by atoms with van der Waals surface area (Å²) in [6.45, 7) is 6.96. The van der Waals surface area contributed by atoms with E-state index in [1.807, 2.05) is 38.1 Å². The highest BCUT2D eigenvalue weighted by atomic mass is 16.2. The number of hydrogen-bond acceptors (Lipinski definition) is 3. The third-order valence-corrected chi connectivity index (χ3v) is 4.28. The Kier molecular flexibility index (Phi) is 5.93. The molecule has 0 bridgehead atoms. The highest BCUT2D eigenvalue weighted by molar-refractivity contribution is 5.95. The molecule has 0 aliphatic rings. The molecule has 0 radical (unpaired) electrons. The first-order valence-corrected chi connectivity index (χ1v) is 9.38. The van der Waals surface area contributed by atoms with Crippen molar-refractivity contribution >= 4 is 28.7 Å². The smallest absolute Gasteiger partial charge is 0.319 e. The van der Waals surface area contributed by atoms with Crippen LogP contribution in [0.5, 0.6) is 0 Å². The Balaban J connectivity index is 1.63. The molecule has 3 amide bonds. The summed E-state index contributed by atoms with van der Waals surface area (Å²) in [4.78, 5) is 28.8. The number of fused-ring (bicyclic) bond motifs is 1. The van der Waals surface area contributed by atoms with Gasteiger partial charge in [-0.1, -0.05) is 12.1 Å². The third kappa shape index (κ3) is 4.49. The lowest BCUT2D eigenvalue weighted by atomic mass is 10.2. The molecule has 0 atom stereocenters. The fourth-order valence-corrected chi connectivity index (χ4v) is 3.01. The van der Waals surface area contributed by atoms with Gasteiger partial charge in [-0.05, 0) is 57.2 Å². The van der Waals surface area contributed by atoms with Crippen molar-refractivity contribution in [3.63, 3.8) is 0 Å². The molecule has 3 aromatic rings. The minimum atomic E-state index is -0.273. The molecule has 0 spiro atoms. The van der Waals surface area contributed by atoms with Crippen molar-refractivity contribution in [1.82, 2.24) is 20.2 Å². The van der Waals surface area contributed by atoms with Crippen LogP contribution < -0.4 is 16.0 Å². The van der Waals surface area contributed by atoms with E-state index in [-0.39, 0.29) is 18.0 Å².